The highest BCUT2D eigenvalue weighted by Crippen LogP contribution is 2.44. The molecule has 0 bridgehead atoms. The van der Waals surface area contributed by atoms with Crippen molar-refractivity contribution in [3.63, 3.8) is 0 Å². The number of nitrogens with one attached hydrogen (secondary N) is 1. The molecule has 2 atom stereocenters. The van der Waals surface area contributed by atoms with Crippen LogP contribution in [-0.2, 0) is 22.5 Å². The second-order valence-electron chi connectivity index (χ2n) is 11.6. The Morgan fingerprint density at radius 2 is 1.48 bits per heavy atom. The summed E-state index contributed by atoms with van der Waals surface area (Å²) in [5.74, 6) is 1.55. The minimum atomic E-state index is -1.34. The maximum absolute atomic E-state index is 14.7. The molecule has 0 fully saturated rings. The van der Waals surface area contributed by atoms with Crippen LogP contribution in [0.1, 0.15) is 34.8 Å². The van der Waals surface area contributed by atoms with E-state index in [1.807, 2.05) is 103 Å². The van der Waals surface area contributed by atoms with Gasteiger partial charge in [0.05, 0.1) is 13.7 Å². The number of amides is 1. The molecular weight excluding hydrogens is 668 g/mol. The fraction of sp³-hybridized carbons (Fsp3) is 0.200. The average molecular weight is 706 g/mol. The zero-order chi connectivity index (χ0) is 33.3. The van der Waals surface area contributed by atoms with Gasteiger partial charge in [0.15, 0.2) is 11.6 Å². The van der Waals surface area contributed by atoms with Gasteiger partial charge in [-0.05, 0) is 70.3 Å². The molecule has 0 unspecified atom stereocenters. The molecule has 7 nitrogen and oxygen atoms in total. The monoisotopic (exact) mass is 704 g/mol. The molecule has 244 valence electrons. The van der Waals surface area contributed by atoms with Gasteiger partial charge < -0.3 is 24.6 Å². The number of benzene rings is 5. The summed E-state index contributed by atoms with van der Waals surface area (Å²) < 4.78 is 18.7. The van der Waals surface area contributed by atoms with Gasteiger partial charge in [-0.2, -0.15) is 0 Å². The second-order valence-corrected chi connectivity index (χ2v) is 12.4. The number of hydrogen-bond acceptors (Lipinski definition) is 6. The second kappa shape index (κ2) is 15.3. The summed E-state index contributed by atoms with van der Waals surface area (Å²) in [4.78, 5) is 19.8. The molecular formula is C40H37BrN2O5. The first-order chi connectivity index (χ1) is 23.5. The fourth-order valence-electron chi connectivity index (χ4n) is 5.77. The minimum absolute atomic E-state index is 0.0661. The predicted octanol–water partition coefficient (Wildman–Crippen LogP) is 7.70. The quantitative estimate of drug-likeness (QED) is 0.123. The Kier molecular flexibility index (Phi) is 10.5. The number of aliphatic hydroxyl groups excluding tert-OH is 1. The number of methoxy groups -OCH3 is 1. The molecule has 6 rings (SSSR count). The lowest BCUT2D eigenvalue weighted by Gasteiger charge is -2.31. The molecule has 0 aromatic heterocycles. The van der Waals surface area contributed by atoms with Crippen LogP contribution in [0.25, 0.3) is 11.1 Å². The molecule has 0 saturated heterocycles. The maximum Gasteiger partial charge on any atom is 0.252 e. The highest BCUT2D eigenvalue weighted by molar-refractivity contribution is 9.10. The number of nitrogens with zero attached hydrogens (tertiary/aromatic N) is 1. The van der Waals surface area contributed by atoms with E-state index in [1.54, 1.807) is 7.11 Å². The highest BCUT2D eigenvalue weighted by atomic mass is 79.9. The number of aliphatic imine (C=N–C) groups is 1. The maximum atomic E-state index is 14.7. The molecule has 0 saturated carbocycles. The van der Waals surface area contributed by atoms with Crippen LogP contribution in [0, 0.1) is 0 Å². The smallest absolute Gasteiger partial charge is 0.252 e. The average Bonchev–Trinajstić information content (AvgIpc) is 3.53. The van der Waals surface area contributed by atoms with Crippen LogP contribution in [0.3, 0.4) is 0 Å². The van der Waals surface area contributed by atoms with Crippen molar-refractivity contribution in [2.24, 2.45) is 4.99 Å². The zero-order valence-corrected chi connectivity index (χ0v) is 28.2. The third-order valence-electron chi connectivity index (χ3n) is 8.38. The highest BCUT2D eigenvalue weighted by Gasteiger charge is 2.53. The van der Waals surface area contributed by atoms with Gasteiger partial charge in [0, 0.05) is 36.0 Å². The molecule has 0 radical (unpaired) electrons. The molecule has 1 aliphatic rings. The van der Waals surface area contributed by atoms with E-state index in [2.05, 4.69) is 45.5 Å². The van der Waals surface area contributed by atoms with Crippen LogP contribution in [0.5, 0.6) is 11.5 Å². The minimum Gasteiger partial charge on any atom is -0.497 e. The summed E-state index contributed by atoms with van der Waals surface area (Å²) in [6.45, 7) is 0.791. The molecule has 1 heterocycles. The van der Waals surface area contributed by atoms with E-state index in [1.165, 1.54) is 0 Å². The molecule has 5 aromatic carbocycles. The van der Waals surface area contributed by atoms with E-state index in [4.69, 9.17) is 24.3 Å². The molecule has 0 spiro atoms. The van der Waals surface area contributed by atoms with E-state index in [-0.39, 0.29) is 12.5 Å². The Labute approximate surface area is 289 Å². The van der Waals surface area contributed by atoms with Gasteiger partial charge in [-0.1, -0.05) is 101 Å². The third-order valence-corrected chi connectivity index (χ3v) is 9.15. The molecule has 1 amide bonds. The Balaban J connectivity index is 1.40. The van der Waals surface area contributed by atoms with Gasteiger partial charge in [0.25, 0.3) is 5.91 Å². The Hall–Kier alpha value is -4.92. The van der Waals surface area contributed by atoms with E-state index in [0.717, 1.165) is 43.6 Å². The fourth-order valence-corrected chi connectivity index (χ4v) is 6.20. The molecule has 1 aliphatic heterocycles. The predicted molar refractivity (Wildman–Crippen MR) is 191 cm³/mol. The van der Waals surface area contributed by atoms with Gasteiger partial charge in [-0.25, -0.2) is 4.99 Å². The summed E-state index contributed by atoms with van der Waals surface area (Å²) >= 11 is 3.71. The van der Waals surface area contributed by atoms with E-state index < -0.39 is 11.6 Å². The van der Waals surface area contributed by atoms with Crippen LogP contribution >= 0.6 is 15.9 Å². The van der Waals surface area contributed by atoms with E-state index in [0.29, 0.717) is 37.6 Å². The van der Waals surface area contributed by atoms with Crippen LogP contribution < -0.4 is 14.8 Å². The van der Waals surface area contributed by atoms with Crippen molar-refractivity contribution >= 4 is 27.7 Å². The lowest BCUT2D eigenvalue weighted by atomic mass is 9.81. The summed E-state index contributed by atoms with van der Waals surface area (Å²) in [5.41, 5.74) is 4.27. The summed E-state index contributed by atoms with van der Waals surface area (Å²) in [7, 11) is 1.63. The number of aliphatic hydroxyl groups is 1. The first-order valence-electron chi connectivity index (χ1n) is 15.9. The van der Waals surface area contributed by atoms with Gasteiger partial charge in [0.1, 0.15) is 11.5 Å². The van der Waals surface area contributed by atoms with Crippen LogP contribution in [0.15, 0.2) is 137 Å². The molecule has 8 heteroatoms. The van der Waals surface area contributed by atoms with E-state index in [9.17, 15) is 4.79 Å². The number of ether oxygens (including phenoxy) is 3. The first-order valence-corrected chi connectivity index (χ1v) is 16.7. The van der Waals surface area contributed by atoms with Crippen molar-refractivity contribution in [3.05, 3.63) is 154 Å². The lowest BCUT2D eigenvalue weighted by Crippen LogP contribution is -2.49. The first kappa shape index (κ1) is 33.0. The van der Waals surface area contributed by atoms with Crippen molar-refractivity contribution in [1.29, 1.82) is 0 Å². The van der Waals surface area contributed by atoms with Crippen molar-refractivity contribution < 1.29 is 24.1 Å². The Bertz CT molecular complexity index is 1840. The standard InChI is InChI=1S/C40H37BrN2O5/c1-46-34-20-12-28(13-21-34)27-42-39(45)40(26-33-10-5-6-11-36(33)41)37(31-16-14-30(15-17-31)29-8-3-2-4-9-29)48-38(43-40)32-18-22-35(23-19-32)47-25-7-24-44/h2-6,8-23,37,44H,7,24-27H2,1H3,(H,42,45)/t37-,40-/m1/s1. The molecule has 48 heavy (non-hydrogen) atoms. The molecule has 2 N–H and O–H groups in total. The van der Waals surface area contributed by atoms with Gasteiger partial charge in [-0.15, -0.1) is 0 Å². The van der Waals surface area contributed by atoms with Gasteiger partial charge in [0.2, 0.25) is 5.90 Å². The van der Waals surface area contributed by atoms with Crippen molar-refractivity contribution in [3.8, 4) is 22.6 Å². The Morgan fingerprint density at radius 1 is 0.833 bits per heavy atom. The van der Waals surface area contributed by atoms with Gasteiger partial charge in [-0.3, -0.25) is 4.79 Å². The summed E-state index contributed by atoms with van der Waals surface area (Å²) in [6.07, 6.45) is 0.117. The zero-order valence-electron chi connectivity index (χ0n) is 26.6. The van der Waals surface area contributed by atoms with Crippen LogP contribution in [0.2, 0.25) is 0 Å². The molecule has 0 aliphatic carbocycles. The van der Waals surface area contributed by atoms with E-state index >= 15 is 0 Å². The third kappa shape index (κ3) is 7.46. The summed E-state index contributed by atoms with van der Waals surface area (Å²) in [6, 6.07) is 41.3. The van der Waals surface area contributed by atoms with Crippen LogP contribution in [-0.4, -0.2) is 42.8 Å². The van der Waals surface area contributed by atoms with Crippen molar-refractivity contribution in [1.82, 2.24) is 5.32 Å². The SMILES string of the molecule is COc1ccc(CNC(=O)[C@]2(Cc3ccccc3Br)N=C(c3ccc(OCCCO)cc3)O[C@@H]2c2ccc(-c3ccccc3)cc2)cc1. The largest absolute Gasteiger partial charge is 0.497 e. The number of halogens is 1. The number of carbonyl (C=O) groups excluding carboxylic acids is 1. The topological polar surface area (TPSA) is 89.4 Å². The molecule has 5 aromatic rings. The lowest BCUT2D eigenvalue weighted by molar-refractivity contribution is -0.129. The number of hydrogen-bond donors (Lipinski definition) is 2. The number of rotatable bonds is 13. The van der Waals surface area contributed by atoms with Gasteiger partial charge >= 0.3 is 0 Å². The number of carbonyl (C=O) groups is 1. The normalized spacial score (nSPS) is 16.9. The summed E-state index contributed by atoms with van der Waals surface area (Å²) in [5, 5.41) is 12.3. The van der Waals surface area contributed by atoms with Crippen molar-refractivity contribution in [2.45, 2.75) is 31.0 Å². The van der Waals surface area contributed by atoms with Crippen molar-refractivity contribution in [2.75, 3.05) is 20.3 Å². The van der Waals surface area contributed by atoms with Crippen LogP contribution in [0.4, 0.5) is 0 Å². The Morgan fingerprint density at radius 3 is 2.17 bits per heavy atom.